The monoisotopic (exact) mass is 226 g/mol. The molecule has 1 saturated carbocycles. The van der Waals surface area contributed by atoms with Crippen LogP contribution in [0.5, 0.6) is 0 Å². The van der Waals surface area contributed by atoms with Gasteiger partial charge in [0.15, 0.2) is 0 Å². The first-order valence-corrected chi connectivity index (χ1v) is 6.88. The molecule has 0 spiro atoms. The molecule has 1 heterocycles. The van der Waals surface area contributed by atoms with Crippen molar-refractivity contribution < 1.29 is 4.74 Å². The molecule has 0 aromatic heterocycles. The molecule has 0 aromatic carbocycles. The molecular weight excluding hydrogens is 200 g/mol. The van der Waals surface area contributed by atoms with Crippen molar-refractivity contribution in [1.29, 1.82) is 0 Å². The van der Waals surface area contributed by atoms with E-state index in [0.29, 0.717) is 5.54 Å². The first kappa shape index (κ1) is 12.3. The van der Waals surface area contributed by atoms with Gasteiger partial charge in [0, 0.05) is 25.2 Å². The number of rotatable bonds is 8. The molecule has 0 aromatic rings. The van der Waals surface area contributed by atoms with Crippen molar-refractivity contribution >= 4 is 0 Å². The lowest BCUT2D eigenvalue weighted by Crippen LogP contribution is -2.48. The van der Waals surface area contributed by atoms with Crippen molar-refractivity contribution in [1.82, 2.24) is 10.6 Å². The standard InChI is InChI=1S/C13H26N2O/c1-2-13(6-3-7-15-13)11-14-8-9-16-10-12-4-5-12/h12,14-15H,2-11H2,1H3. The summed E-state index contributed by atoms with van der Waals surface area (Å²) in [5.41, 5.74) is 0.372. The summed E-state index contributed by atoms with van der Waals surface area (Å²) >= 11 is 0. The highest BCUT2D eigenvalue weighted by molar-refractivity contribution is 4.93. The molecule has 2 aliphatic rings. The van der Waals surface area contributed by atoms with Gasteiger partial charge in [-0.15, -0.1) is 0 Å². The average molecular weight is 226 g/mol. The van der Waals surface area contributed by atoms with E-state index in [4.69, 9.17) is 4.74 Å². The maximum atomic E-state index is 5.61. The highest BCUT2D eigenvalue weighted by Gasteiger charge is 2.30. The summed E-state index contributed by atoms with van der Waals surface area (Å²) in [6, 6.07) is 0. The van der Waals surface area contributed by atoms with Gasteiger partial charge in [-0.1, -0.05) is 6.92 Å². The van der Waals surface area contributed by atoms with Gasteiger partial charge in [0.1, 0.15) is 0 Å². The molecule has 3 nitrogen and oxygen atoms in total. The van der Waals surface area contributed by atoms with E-state index in [1.165, 1.54) is 38.6 Å². The van der Waals surface area contributed by atoms with E-state index in [1.807, 2.05) is 0 Å². The van der Waals surface area contributed by atoms with Gasteiger partial charge in [-0.05, 0) is 44.6 Å². The summed E-state index contributed by atoms with van der Waals surface area (Å²) in [4.78, 5) is 0. The Labute approximate surface area is 99.3 Å². The highest BCUT2D eigenvalue weighted by Crippen LogP contribution is 2.28. The molecule has 0 radical (unpaired) electrons. The molecule has 16 heavy (non-hydrogen) atoms. The zero-order chi connectivity index (χ0) is 11.3. The van der Waals surface area contributed by atoms with Crippen LogP contribution in [0.25, 0.3) is 0 Å². The maximum absolute atomic E-state index is 5.61. The minimum Gasteiger partial charge on any atom is -0.380 e. The Balaban J connectivity index is 1.49. The van der Waals surface area contributed by atoms with Crippen molar-refractivity contribution in [2.24, 2.45) is 5.92 Å². The molecular formula is C13H26N2O. The molecule has 2 fully saturated rings. The summed E-state index contributed by atoms with van der Waals surface area (Å²) in [5, 5.41) is 7.16. The fourth-order valence-electron chi connectivity index (χ4n) is 2.45. The maximum Gasteiger partial charge on any atom is 0.0591 e. The second kappa shape index (κ2) is 5.99. The van der Waals surface area contributed by atoms with Crippen LogP contribution < -0.4 is 10.6 Å². The molecule has 3 heteroatoms. The molecule has 94 valence electrons. The molecule has 2 N–H and O–H groups in total. The van der Waals surface area contributed by atoms with E-state index in [9.17, 15) is 0 Å². The van der Waals surface area contributed by atoms with Crippen LogP contribution in [-0.2, 0) is 4.74 Å². The van der Waals surface area contributed by atoms with Crippen LogP contribution >= 0.6 is 0 Å². The second-order valence-corrected chi connectivity index (χ2v) is 5.36. The molecule has 1 aliphatic carbocycles. The Morgan fingerprint density at radius 2 is 2.31 bits per heavy atom. The summed E-state index contributed by atoms with van der Waals surface area (Å²) in [6.45, 7) is 7.42. The summed E-state index contributed by atoms with van der Waals surface area (Å²) in [6.07, 6.45) is 6.64. The summed E-state index contributed by atoms with van der Waals surface area (Å²) in [5.74, 6) is 0.887. The number of hydrogen-bond acceptors (Lipinski definition) is 3. The fraction of sp³-hybridized carbons (Fsp3) is 1.00. The zero-order valence-electron chi connectivity index (χ0n) is 10.6. The molecule has 1 aliphatic heterocycles. The predicted molar refractivity (Wildman–Crippen MR) is 66.7 cm³/mol. The Hall–Kier alpha value is -0.120. The Morgan fingerprint density at radius 1 is 1.44 bits per heavy atom. The lowest BCUT2D eigenvalue weighted by atomic mass is 9.94. The van der Waals surface area contributed by atoms with E-state index in [0.717, 1.165) is 32.2 Å². The third-order valence-corrected chi connectivity index (χ3v) is 3.95. The first-order chi connectivity index (χ1) is 7.85. The van der Waals surface area contributed by atoms with Crippen molar-refractivity contribution in [3.05, 3.63) is 0 Å². The minimum absolute atomic E-state index is 0.372. The van der Waals surface area contributed by atoms with Gasteiger partial charge in [-0.2, -0.15) is 0 Å². The van der Waals surface area contributed by atoms with Gasteiger partial charge in [0.05, 0.1) is 6.61 Å². The van der Waals surface area contributed by atoms with E-state index >= 15 is 0 Å². The van der Waals surface area contributed by atoms with Crippen molar-refractivity contribution in [3.63, 3.8) is 0 Å². The van der Waals surface area contributed by atoms with Crippen LogP contribution in [0.15, 0.2) is 0 Å². The minimum atomic E-state index is 0.372. The van der Waals surface area contributed by atoms with Gasteiger partial charge < -0.3 is 15.4 Å². The number of nitrogens with one attached hydrogen (secondary N) is 2. The zero-order valence-corrected chi connectivity index (χ0v) is 10.6. The second-order valence-electron chi connectivity index (χ2n) is 5.36. The van der Waals surface area contributed by atoms with E-state index in [-0.39, 0.29) is 0 Å². The molecule has 1 unspecified atom stereocenters. The highest BCUT2D eigenvalue weighted by atomic mass is 16.5. The molecule has 0 bridgehead atoms. The lowest BCUT2D eigenvalue weighted by Gasteiger charge is -2.28. The largest absolute Gasteiger partial charge is 0.380 e. The lowest BCUT2D eigenvalue weighted by molar-refractivity contribution is 0.124. The molecule has 1 atom stereocenters. The van der Waals surface area contributed by atoms with Crippen LogP contribution in [0.1, 0.15) is 39.0 Å². The summed E-state index contributed by atoms with van der Waals surface area (Å²) < 4.78 is 5.61. The first-order valence-electron chi connectivity index (χ1n) is 6.88. The fourth-order valence-corrected chi connectivity index (χ4v) is 2.45. The summed E-state index contributed by atoms with van der Waals surface area (Å²) in [7, 11) is 0. The van der Waals surface area contributed by atoms with Crippen LogP contribution in [0, 0.1) is 5.92 Å². The van der Waals surface area contributed by atoms with Gasteiger partial charge in [-0.3, -0.25) is 0 Å². The predicted octanol–water partition coefficient (Wildman–Crippen LogP) is 1.53. The normalized spacial score (nSPS) is 29.8. The van der Waals surface area contributed by atoms with Crippen LogP contribution in [-0.4, -0.2) is 38.4 Å². The molecule has 1 saturated heterocycles. The van der Waals surface area contributed by atoms with Gasteiger partial charge >= 0.3 is 0 Å². The molecule has 2 rings (SSSR count). The van der Waals surface area contributed by atoms with Crippen molar-refractivity contribution in [2.45, 2.75) is 44.6 Å². The average Bonchev–Trinajstić information content (AvgIpc) is 3.01. The smallest absolute Gasteiger partial charge is 0.0591 e. The SMILES string of the molecule is CCC1(CNCCOCC2CC2)CCCN1. The quantitative estimate of drug-likeness (QED) is 0.616. The number of hydrogen-bond donors (Lipinski definition) is 2. The molecule has 0 amide bonds. The van der Waals surface area contributed by atoms with Crippen LogP contribution in [0.4, 0.5) is 0 Å². The van der Waals surface area contributed by atoms with Crippen molar-refractivity contribution in [3.8, 4) is 0 Å². The Bertz CT molecular complexity index is 198. The van der Waals surface area contributed by atoms with Gasteiger partial charge in [0.25, 0.3) is 0 Å². The van der Waals surface area contributed by atoms with E-state index in [2.05, 4.69) is 17.6 Å². The third-order valence-electron chi connectivity index (χ3n) is 3.95. The van der Waals surface area contributed by atoms with E-state index in [1.54, 1.807) is 0 Å². The third kappa shape index (κ3) is 3.72. The van der Waals surface area contributed by atoms with Gasteiger partial charge in [-0.25, -0.2) is 0 Å². The van der Waals surface area contributed by atoms with E-state index < -0.39 is 0 Å². The number of ether oxygens (including phenoxy) is 1. The topological polar surface area (TPSA) is 33.3 Å². The Morgan fingerprint density at radius 3 is 2.94 bits per heavy atom. The Kier molecular flexibility index (Phi) is 4.62. The van der Waals surface area contributed by atoms with Crippen LogP contribution in [0.2, 0.25) is 0 Å². The van der Waals surface area contributed by atoms with Crippen LogP contribution in [0.3, 0.4) is 0 Å². The van der Waals surface area contributed by atoms with Crippen molar-refractivity contribution in [2.75, 3.05) is 32.8 Å². The van der Waals surface area contributed by atoms with Gasteiger partial charge in [0.2, 0.25) is 0 Å².